The van der Waals surface area contributed by atoms with Crippen LogP contribution < -0.4 is 10.6 Å². The van der Waals surface area contributed by atoms with Gasteiger partial charge in [0, 0.05) is 19.3 Å². The average Bonchev–Trinajstić information content (AvgIpc) is 2.28. The highest BCUT2D eigenvalue weighted by atomic mass is 35.5. The number of nitrogens with zero attached hydrogens (tertiary/aromatic N) is 2. The summed E-state index contributed by atoms with van der Waals surface area (Å²) in [6.07, 6.45) is 0. The van der Waals surface area contributed by atoms with E-state index in [1.54, 1.807) is 30.1 Å². The van der Waals surface area contributed by atoms with Crippen molar-refractivity contribution in [3.8, 4) is 0 Å². The van der Waals surface area contributed by atoms with E-state index in [0.717, 1.165) is 0 Å². The number of hydrogen-bond acceptors (Lipinski definition) is 4. The van der Waals surface area contributed by atoms with Crippen molar-refractivity contribution in [2.24, 2.45) is 10.9 Å². The summed E-state index contributed by atoms with van der Waals surface area (Å²) in [4.78, 5) is 1.78. The monoisotopic (exact) mass is 243 g/mol. The van der Waals surface area contributed by atoms with Crippen molar-refractivity contribution in [3.63, 3.8) is 0 Å². The first kappa shape index (κ1) is 12.6. The lowest BCUT2D eigenvalue weighted by molar-refractivity contribution is 0.304. The van der Waals surface area contributed by atoms with Gasteiger partial charge in [-0.3, -0.25) is 0 Å². The van der Waals surface area contributed by atoms with Crippen molar-refractivity contribution >= 4 is 23.1 Å². The molecule has 0 aliphatic rings. The van der Waals surface area contributed by atoms with Gasteiger partial charge in [-0.1, -0.05) is 22.8 Å². The number of aliphatic hydroxyl groups is 1. The van der Waals surface area contributed by atoms with Gasteiger partial charge in [-0.05, 0) is 12.1 Å². The van der Waals surface area contributed by atoms with Crippen molar-refractivity contribution in [3.05, 3.63) is 28.8 Å². The van der Waals surface area contributed by atoms with Crippen molar-refractivity contribution in [2.45, 2.75) is 0 Å². The van der Waals surface area contributed by atoms with Crippen LogP contribution in [0.3, 0.4) is 0 Å². The Labute approximate surface area is 98.7 Å². The van der Waals surface area contributed by atoms with E-state index in [0.29, 0.717) is 22.8 Å². The third kappa shape index (κ3) is 2.56. The summed E-state index contributed by atoms with van der Waals surface area (Å²) in [5.41, 5.74) is 6.72. The first-order valence-corrected chi connectivity index (χ1v) is 5.08. The molecule has 6 heteroatoms. The molecule has 0 unspecified atom stereocenters. The minimum absolute atomic E-state index is 0.0125. The minimum Gasteiger partial charge on any atom is -0.409 e. The number of rotatable bonds is 4. The molecule has 88 valence electrons. The molecule has 1 rings (SSSR count). The topological polar surface area (TPSA) is 82.1 Å². The van der Waals surface area contributed by atoms with Crippen molar-refractivity contribution in [1.82, 2.24) is 0 Å². The number of anilines is 1. The van der Waals surface area contributed by atoms with Gasteiger partial charge in [0.2, 0.25) is 0 Å². The van der Waals surface area contributed by atoms with Gasteiger partial charge in [-0.15, -0.1) is 0 Å². The molecule has 0 heterocycles. The maximum absolute atomic E-state index is 8.87. The van der Waals surface area contributed by atoms with E-state index >= 15 is 0 Å². The summed E-state index contributed by atoms with van der Waals surface area (Å²) in [7, 11) is 1.79. The molecule has 0 fully saturated rings. The predicted octanol–water partition coefficient (Wildman–Crippen LogP) is 0.863. The summed E-state index contributed by atoms with van der Waals surface area (Å²) in [5.74, 6) is -0.0506. The highest BCUT2D eigenvalue weighted by molar-refractivity contribution is 6.34. The molecule has 0 aliphatic heterocycles. The molecule has 0 aromatic heterocycles. The SMILES string of the molecule is CN(CCO)c1cccc(Cl)c1C(N)=NO. The Hall–Kier alpha value is -1.46. The molecule has 0 aliphatic carbocycles. The lowest BCUT2D eigenvalue weighted by Gasteiger charge is -2.21. The number of aliphatic hydroxyl groups excluding tert-OH is 1. The fraction of sp³-hybridized carbons (Fsp3) is 0.300. The molecule has 0 amide bonds. The van der Waals surface area contributed by atoms with Crippen LogP contribution in [0.4, 0.5) is 5.69 Å². The van der Waals surface area contributed by atoms with E-state index in [2.05, 4.69) is 5.16 Å². The molecule has 1 aromatic carbocycles. The van der Waals surface area contributed by atoms with Crippen molar-refractivity contribution < 1.29 is 10.3 Å². The van der Waals surface area contributed by atoms with Crippen LogP contribution in [-0.2, 0) is 0 Å². The lowest BCUT2D eigenvalue weighted by Crippen LogP contribution is -2.25. The van der Waals surface area contributed by atoms with E-state index in [9.17, 15) is 0 Å². The van der Waals surface area contributed by atoms with Crippen molar-refractivity contribution in [1.29, 1.82) is 0 Å². The number of oxime groups is 1. The molecule has 1 aromatic rings. The van der Waals surface area contributed by atoms with E-state index in [-0.39, 0.29) is 12.4 Å². The Morgan fingerprint density at radius 2 is 2.25 bits per heavy atom. The van der Waals surface area contributed by atoms with Gasteiger partial charge in [0.1, 0.15) is 0 Å². The number of halogens is 1. The van der Waals surface area contributed by atoms with Gasteiger partial charge in [0.15, 0.2) is 5.84 Å². The maximum Gasteiger partial charge on any atom is 0.173 e. The second-order valence-electron chi connectivity index (χ2n) is 3.26. The van der Waals surface area contributed by atoms with Crippen LogP contribution >= 0.6 is 11.6 Å². The molecule has 5 nitrogen and oxygen atoms in total. The van der Waals surface area contributed by atoms with Crippen LogP contribution in [0.5, 0.6) is 0 Å². The number of nitrogens with two attached hydrogens (primary N) is 1. The average molecular weight is 244 g/mol. The van der Waals surface area contributed by atoms with Crippen LogP contribution in [-0.4, -0.2) is 36.3 Å². The summed E-state index contributed by atoms with van der Waals surface area (Å²) in [6.45, 7) is 0.449. The number of hydrogen-bond donors (Lipinski definition) is 3. The summed E-state index contributed by atoms with van der Waals surface area (Å²) >= 11 is 5.99. The summed E-state index contributed by atoms with van der Waals surface area (Å²) in [6, 6.07) is 5.21. The van der Waals surface area contributed by atoms with Crippen LogP contribution in [0.1, 0.15) is 5.56 Å². The zero-order valence-corrected chi connectivity index (χ0v) is 9.65. The van der Waals surface area contributed by atoms with E-state index in [1.165, 1.54) is 0 Å². The molecule has 0 spiro atoms. The molecule has 0 saturated carbocycles. The van der Waals surface area contributed by atoms with Crippen molar-refractivity contribution in [2.75, 3.05) is 25.1 Å². The normalized spacial score (nSPS) is 11.6. The standard InChI is InChI=1S/C10H14ClN3O2/c1-14(5-6-15)8-4-2-3-7(11)9(8)10(12)13-16/h2-4,15-16H,5-6H2,1H3,(H2,12,13). The largest absolute Gasteiger partial charge is 0.409 e. The number of likely N-dealkylation sites (N-methyl/N-ethyl adjacent to an activating group) is 1. The highest BCUT2D eigenvalue weighted by Gasteiger charge is 2.14. The molecule has 0 radical (unpaired) electrons. The summed E-state index contributed by atoms with van der Waals surface area (Å²) < 4.78 is 0. The molecule has 0 saturated heterocycles. The van der Waals surface area contributed by atoms with Gasteiger partial charge in [-0.25, -0.2) is 0 Å². The van der Waals surface area contributed by atoms with Gasteiger partial charge in [0.25, 0.3) is 0 Å². The van der Waals surface area contributed by atoms with Crippen LogP contribution in [0.2, 0.25) is 5.02 Å². The number of amidine groups is 1. The van der Waals surface area contributed by atoms with E-state index in [4.69, 9.17) is 27.6 Å². The molecular formula is C10H14ClN3O2. The Morgan fingerprint density at radius 1 is 1.56 bits per heavy atom. The Kier molecular flexibility index (Phi) is 4.39. The maximum atomic E-state index is 8.87. The Morgan fingerprint density at radius 3 is 2.81 bits per heavy atom. The number of benzene rings is 1. The molecule has 0 bridgehead atoms. The van der Waals surface area contributed by atoms with Crippen LogP contribution in [0, 0.1) is 0 Å². The fourth-order valence-corrected chi connectivity index (χ4v) is 1.67. The van der Waals surface area contributed by atoms with Crippen LogP contribution in [0.25, 0.3) is 0 Å². The molecule has 16 heavy (non-hydrogen) atoms. The zero-order valence-electron chi connectivity index (χ0n) is 8.89. The first-order valence-electron chi connectivity index (χ1n) is 4.70. The molecule has 0 atom stereocenters. The second kappa shape index (κ2) is 5.58. The van der Waals surface area contributed by atoms with Crippen LogP contribution in [0.15, 0.2) is 23.4 Å². The van der Waals surface area contributed by atoms with E-state index < -0.39 is 0 Å². The minimum atomic E-state index is -0.0506. The van der Waals surface area contributed by atoms with E-state index in [1.807, 2.05) is 0 Å². The molecule has 4 N–H and O–H groups in total. The fourth-order valence-electron chi connectivity index (χ4n) is 1.40. The second-order valence-corrected chi connectivity index (χ2v) is 3.67. The summed E-state index contributed by atoms with van der Waals surface area (Å²) in [5, 5.41) is 20.9. The van der Waals surface area contributed by atoms with Gasteiger partial charge in [0.05, 0.1) is 17.2 Å². The lowest BCUT2D eigenvalue weighted by atomic mass is 10.1. The first-order chi connectivity index (χ1) is 7.61. The van der Waals surface area contributed by atoms with Gasteiger partial charge < -0.3 is 20.9 Å². The third-order valence-corrected chi connectivity index (χ3v) is 2.52. The highest BCUT2D eigenvalue weighted by Crippen LogP contribution is 2.26. The molecular weight excluding hydrogens is 230 g/mol. The van der Waals surface area contributed by atoms with Gasteiger partial charge in [-0.2, -0.15) is 0 Å². The Balaban J connectivity index is 3.23. The zero-order chi connectivity index (χ0) is 12.1. The quantitative estimate of drug-likeness (QED) is 0.317. The smallest absolute Gasteiger partial charge is 0.173 e. The third-order valence-electron chi connectivity index (χ3n) is 2.20. The van der Waals surface area contributed by atoms with Gasteiger partial charge >= 0.3 is 0 Å². The predicted molar refractivity (Wildman–Crippen MR) is 64.3 cm³/mol. The Bertz CT molecular complexity index is 396.